The second-order valence-electron chi connectivity index (χ2n) is 6.00. The zero-order valence-electron chi connectivity index (χ0n) is 15.6. The van der Waals surface area contributed by atoms with Crippen molar-refractivity contribution >= 4 is 21.9 Å². The van der Waals surface area contributed by atoms with E-state index in [-0.39, 0.29) is 22.9 Å². The van der Waals surface area contributed by atoms with E-state index in [2.05, 4.69) is 14.8 Å². The van der Waals surface area contributed by atoms with E-state index in [1.54, 1.807) is 44.2 Å². The predicted molar refractivity (Wildman–Crippen MR) is 101 cm³/mol. The lowest BCUT2D eigenvalue weighted by atomic mass is 10.1. The maximum absolute atomic E-state index is 12.5. The number of rotatable bonds is 6. The number of carbonyl (C=O) groups is 2. The standard InChI is InChI=1S/C19H22N2O5S/c1-12-9-16(10-17(13(12)2)27(24,25)20-3)18(22)21-11-14-5-7-15(8-6-14)19(23)26-4/h5-10,20H,11H2,1-4H3,(H,21,22). The molecule has 0 aliphatic rings. The van der Waals surface area contributed by atoms with Crippen LogP contribution in [0.15, 0.2) is 41.3 Å². The minimum Gasteiger partial charge on any atom is -0.465 e. The summed E-state index contributed by atoms with van der Waals surface area (Å²) in [6, 6.07) is 9.67. The molecule has 0 spiro atoms. The fourth-order valence-corrected chi connectivity index (χ4v) is 3.57. The third-order valence-corrected chi connectivity index (χ3v) is 5.81. The maximum Gasteiger partial charge on any atom is 0.337 e. The first-order valence-corrected chi connectivity index (χ1v) is 9.68. The van der Waals surface area contributed by atoms with Gasteiger partial charge in [0.25, 0.3) is 5.91 Å². The molecule has 7 nitrogen and oxygen atoms in total. The summed E-state index contributed by atoms with van der Waals surface area (Å²) in [6.07, 6.45) is 0. The maximum atomic E-state index is 12.5. The molecule has 2 aromatic rings. The van der Waals surface area contributed by atoms with Crippen LogP contribution in [0.5, 0.6) is 0 Å². The molecule has 0 aliphatic heterocycles. The van der Waals surface area contributed by atoms with Crippen molar-refractivity contribution in [2.24, 2.45) is 0 Å². The molecule has 0 saturated carbocycles. The molecule has 0 aromatic heterocycles. The molecule has 2 aromatic carbocycles. The lowest BCUT2D eigenvalue weighted by Gasteiger charge is -2.12. The molecule has 2 rings (SSSR count). The summed E-state index contributed by atoms with van der Waals surface area (Å²) in [7, 11) is -1.03. The minimum absolute atomic E-state index is 0.0811. The zero-order chi connectivity index (χ0) is 20.2. The fourth-order valence-electron chi connectivity index (χ4n) is 2.51. The van der Waals surface area contributed by atoms with Crippen LogP contribution in [0.2, 0.25) is 0 Å². The number of benzene rings is 2. The molecule has 8 heteroatoms. The molecule has 0 heterocycles. The first-order chi connectivity index (χ1) is 12.7. The van der Waals surface area contributed by atoms with Crippen LogP contribution in [-0.2, 0) is 21.3 Å². The molecular weight excluding hydrogens is 368 g/mol. The lowest BCUT2D eigenvalue weighted by Crippen LogP contribution is -2.25. The number of ether oxygens (including phenoxy) is 1. The van der Waals surface area contributed by atoms with Crippen molar-refractivity contribution in [3.8, 4) is 0 Å². The molecule has 0 atom stereocenters. The molecule has 1 amide bonds. The molecule has 27 heavy (non-hydrogen) atoms. The minimum atomic E-state index is -3.66. The van der Waals surface area contributed by atoms with Gasteiger partial charge in [0.1, 0.15) is 0 Å². The average Bonchev–Trinajstić information content (AvgIpc) is 2.67. The van der Waals surface area contributed by atoms with Gasteiger partial charge in [-0.05, 0) is 61.9 Å². The third kappa shape index (κ3) is 4.72. The molecule has 2 N–H and O–H groups in total. The van der Waals surface area contributed by atoms with Crippen molar-refractivity contribution in [2.75, 3.05) is 14.2 Å². The van der Waals surface area contributed by atoms with Crippen LogP contribution in [0.3, 0.4) is 0 Å². The Morgan fingerprint density at radius 2 is 1.67 bits per heavy atom. The number of carbonyl (C=O) groups excluding carboxylic acids is 2. The molecule has 0 radical (unpaired) electrons. The second kappa shape index (κ2) is 8.32. The molecule has 0 saturated heterocycles. The van der Waals surface area contributed by atoms with Crippen LogP contribution < -0.4 is 10.0 Å². The number of aryl methyl sites for hydroxylation is 1. The highest BCUT2D eigenvalue weighted by Gasteiger charge is 2.19. The Hall–Kier alpha value is -2.71. The molecule has 0 fully saturated rings. The quantitative estimate of drug-likeness (QED) is 0.734. The summed E-state index contributed by atoms with van der Waals surface area (Å²) < 4.78 is 31.2. The molecule has 144 valence electrons. The van der Waals surface area contributed by atoms with Crippen LogP contribution in [0.4, 0.5) is 0 Å². The van der Waals surface area contributed by atoms with E-state index in [0.717, 1.165) is 5.56 Å². The number of hydrogen-bond donors (Lipinski definition) is 2. The van der Waals surface area contributed by atoms with Gasteiger partial charge in [-0.2, -0.15) is 0 Å². The van der Waals surface area contributed by atoms with Crippen molar-refractivity contribution in [3.05, 3.63) is 64.2 Å². The number of sulfonamides is 1. The van der Waals surface area contributed by atoms with E-state index in [0.29, 0.717) is 16.7 Å². The number of amides is 1. The van der Waals surface area contributed by atoms with E-state index in [1.165, 1.54) is 20.2 Å². The number of methoxy groups -OCH3 is 1. The Labute approximate surface area is 158 Å². The van der Waals surface area contributed by atoms with Gasteiger partial charge < -0.3 is 10.1 Å². The summed E-state index contributed by atoms with van der Waals surface area (Å²) in [6.45, 7) is 3.69. The number of nitrogens with one attached hydrogen (secondary N) is 2. The topological polar surface area (TPSA) is 102 Å². The van der Waals surface area contributed by atoms with Crippen molar-refractivity contribution in [2.45, 2.75) is 25.3 Å². The normalized spacial score (nSPS) is 11.1. The van der Waals surface area contributed by atoms with E-state index in [9.17, 15) is 18.0 Å². The van der Waals surface area contributed by atoms with Crippen LogP contribution >= 0.6 is 0 Å². The van der Waals surface area contributed by atoms with Gasteiger partial charge in [0.15, 0.2) is 0 Å². The van der Waals surface area contributed by atoms with Gasteiger partial charge in [-0.1, -0.05) is 12.1 Å². The van der Waals surface area contributed by atoms with Crippen molar-refractivity contribution in [3.63, 3.8) is 0 Å². The highest BCUT2D eigenvalue weighted by Crippen LogP contribution is 2.21. The zero-order valence-corrected chi connectivity index (χ0v) is 16.4. The summed E-state index contributed by atoms with van der Waals surface area (Å²) in [5.41, 5.74) is 2.78. The Balaban J connectivity index is 2.18. The molecular formula is C19H22N2O5S. The molecule has 0 unspecified atom stereocenters. The van der Waals surface area contributed by atoms with Gasteiger partial charge >= 0.3 is 5.97 Å². The van der Waals surface area contributed by atoms with E-state index >= 15 is 0 Å². The van der Waals surface area contributed by atoms with Crippen molar-refractivity contribution in [1.29, 1.82) is 0 Å². The Bertz CT molecular complexity index is 966. The van der Waals surface area contributed by atoms with E-state index < -0.39 is 16.0 Å². The largest absolute Gasteiger partial charge is 0.465 e. The first kappa shape index (κ1) is 20.6. The number of hydrogen-bond acceptors (Lipinski definition) is 5. The van der Waals surface area contributed by atoms with Gasteiger partial charge in [0.2, 0.25) is 10.0 Å². The lowest BCUT2D eigenvalue weighted by molar-refractivity contribution is 0.0600. The molecule has 0 aliphatic carbocycles. The monoisotopic (exact) mass is 390 g/mol. The van der Waals surface area contributed by atoms with Gasteiger partial charge in [-0.15, -0.1) is 0 Å². The predicted octanol–water partition coefficient (Wildman–Crippen LogP) is 1.93. The van der Waals surface area contributed by atoms with Gasteiger partial charge in [0.05, 0.1) is 17.6 Å². The smallest absolute Gasteiger partial charge is 0.337 e. The van der Waals surface area contributed by atoms with Gasteiger partial charge in [-0.3, -0.25) is 4.79 Å². The SMILES string of the molecule is CNS(=O)(=O)c1cc(C(=O)NCc2ccc(C(=O)OC)cc2)cc(C)c1C. The Morgan fingerprint density at radius 1 is 1.04 bits per heavy atom. The average molecular weight is 390 g/mol. The Kier molecular flexibility index (Phi) is 6.35. The van der Waals surface area contributed by atoms with Crippen LogP contribution in [0.1, 0.15) is 37.4 Å². The van der Waals surface area contributed by atoms with E-state index in [1.807, 2.05) is 0 Å². The summed E-state index contributed by atoms with van der Waals surface area (Å²) in [5.74, 6) is -0.818. The third-order valence-electron chi connectivity index (χ3n) is 4.27. The summed E-state index contributed by atoms with van der Waals surface area (Å²) in [5, 5.41) is 2.75. The van der Waals surface area contributed by atoms with Crippen LogP contribution in [0.25, 0.3) is 0 Å². The van der Waals surface area contributed by atoms with Crippen LogP contribution in [0, 0.1) is 13.8 Å². The number of esters is 1. The first-order valence-electron chi connectivity index (χ1n) is 8.20. The van der Waals surface area contributed by atoms with Crippen molar-refractivity contribution in [1.82, 2.24) is 10.0 Å². The highest BCUT2D eigenvalue weighted by molar-refractivity contribution is 7.89. The van der Waals surface area contributed by atoms with Crippen molar-refractivity contribution < 1.29 is 22.7 Å². The summed E-state index contributed by atoms with van der Waals surface area (Å²) >= 11 is 0. The highest BCUT2D eigenvalue weighted by atomic mass is 32.2. The Morgan fingerprint density at radius 3 is 2.22 bits per heavy atom. The van der Waals surface area contributed by atoms with E-state index in [4.69, 9.17) is 0 Å². The fraction of sp³-hybridized carbons (Fsp3) is 0.263. The van der Waals surface area contributed by atoms with Gasteiger partial charge in [0, 0.05) is 12.1 Å². The van der Waals surface area contributed by atoms with Gasteiger partial charge in [-0.25, -0.2) is 17.9 Å². The van der Waals surface area contributed by atoms with Crippen LogP contribution in [-0.4, -0.2) is 34.5 Å². The second-order valence-corrected chi connectivity index (χ2v) is 7.85. The summed E-state index contributed by atoms with van der Waals surface area (Å²) in [4.78, 5) is 24.0. The molecule has 0 bridgehead atoms.